The zero-order valence-electron chi connectivity index (χ0n) is 11.7. The average Bonchev–Trinajstić information content (AvgIpc) is 2.81. The van der Waals surface area contributed by atoms with Crippen LogP contribution in [-0.4, -0.2) is 39.6 Å². The highest BCUT2D eigenvalue weighted by molar-refractivity contribution is 5.88. The van der Waals surface area contributed by atoms with Gasteiger partial charge in [0.15, 0.2) is 0 Å². The fourth-order valence-corrected chi connectivity index (χ4v) is 2.99. The van der Waals surface area contributed by atoms with Gasteiger partial charge < -0.3 is 15.0 Å². The number of likely N-dealkylation sites (tertiary alicyclic amines) is 1. The molecule has 0 radical (unpaired) electrons. The Kier molecular flexibility index (Phi) is 3.26. The topological polar surface area (TPSA) is 56.3 Å². The lowest BCUT2D eigenvalue weighted by molar-refractivity contribution is -0.136. The Morgan fingerprint density at radius 3 is 3.05 bits per heavy atom. The highest BCUT2D eigenvalue weighted by Crippen LogP contribution is 2.23. The van der Waals surface area contributed by atoms with Crippen LogP contribution in [0.1, 0.15) is 25.3 Å². The molecule has 20 heavy (non-hydrogen) atoms. The van der Waals surface area contributed by atoms with E-state index in [0.717, 1.165) is 35.9 Å². The molecule has 2 N–H and O–H groups in total. The first-order valence-electron chi connectivity index (χ1n) is 7.10. The number of carbonyl (C=O) groups is 1. The standard InChI is InChI=1S/C16H20N2O2/c1-16(20)7-4-8-18(11-16)15(19)9-12-10-17-14-6-3-2-5-13(12)14/h2-3,5-6,10,17,20H,4,7-9,11H2,1H3. The molecule has 1 fully saturated rings. The Balaban J connectivity index is 1.76. The van der Waals surface area contributed by atoms with Gasteiger partial charge in [-0.15, -0.1) is 0 Å². The summed E-state index contributed by atoms with van der Waals surface area (Å²) >= 11 is 0. The molecule has 0 saturated carbocycles. The van der Waals surface area contributed by atoms with Gasteiger partial charge in [0.2, 0.25) is 5.91 Å². The summed E-state index contributed by atoms with van der Waals surface area (Å²) < 4.78 is 0. The Bertz CT molecular complexity index is 630. The van der Waals surface area contributed by atoms with Crippen molar-refractivity contribution in [3.05, 3.63) is 36.0 Å². The molecule has 2 heterocycles. The lowest BCUT2D eigenvalue weighted by atomic mass is 9.94. The molecule has 0 spiro atoms. The third kappa shape index (κ3) is 2.56. The van der Waals surface area contributed by atoms with Crippen LogP contribution in [0.3, 0.4) is 0 Å². The van der Waals surface area contributed by atoms with Gasteiger partial charge in [0, 0.05) is 30.2 Å². The highest BCUT2D eigenvalue weighted by Gasteiger charge is 2.30. The lowest BCUT2D eigenvalue weighted by Gasteiger charge is -2.36. The molecule has 1 saturated heterocycles. The van der Waals surface area contributed by atoms with Crippen molar-refractivity contribution >= 4 is 16.8 Å². The van der Waals surface area contributed by atoms with E-state index < -0.39 is 5.60 Å². The molecule has 3 rings (SSSR count). The number of nitrogens with zero attached hydrogens (tertiary/aromatic N) is 1. The number of benzene rings is 1. The third-order valence-electron chi connectivity index (χ3n) is 4.04. The first kappa shape index (κ1) is 13.2. The molecule has 1 aliphatic heterocycles. The second-order valence-electron chi connectivity index (χ2n) is 5.95. The largest absolute Gasteiger partial charge is 0.388 e. The van der Waals surface area contributed by atoms with Crippen molar-refractivity contribution in [2.45, 2.75) is 31.8 Å². The predicted octanol–water partition coefficient (Wildman–Crippen LogP) is 2.08. The maximum Gasteiger partial charge on any atom is 0.227 e. The van der Waals surface area contributed by atoms with E-state index in [2.05, 4.69) is 4.98 Å². The minimum absolute atomic E-state index is 0.0923. The lowest BCUT2D eigenvalue weighted by Crippen LogP contribution is -2.49. The number of fused-ring (bicyclic) bond motifs is 1. The number of H-pyrrole nitrogens is 1. The van der Waals surface area contributed by atoms with Crippen LogP contribution in [0.4, 0.5) is 0 Å². The van der Waals surface area contributed by atoms with Crippen LogP contribution in [0.15, 0.2) is 30.5 Å². The van der Waals surface area contributed by atoms with Gasteiger partial charge in [0.05, 0.1) is 12.0 Å². The van der Waals surface area contributed by atoms with E-state index in [0.29, 0.717) is 13.0 Å². The van der Waals surface area contributed by atoms with E-state index in [1.807, 2.05) is 30.5 Å². The maximum atomic E-state index is 12.4. The summed E-state index contributed by atoms with van der Waals surface area (Å²) in [6.45, 7) is 2.99. The normalized spacial score (nSPS) is 23.2. The summed E-state index contributed by atoms with van der Waals surface area (Å²) in [7, 11) is 0. The predicted molar refractivity (Wildman–Crippen MR) is 78.4 cm³/mol. The SMILES string of the molecule is CC1(O)CCCN(C(=O)Cc2c[nH]c3ccccc23)C1. The van der Waals surface area contributed by atoms with Gasteiger partial charge in [-0.25, -0.2) is 0 Å². The first-order chi connectivity index (χ1) is 9.55. The molecule has 1 aliphatic rings. The molecule has 1 amide bonds. The van der Waals surface area contributed by atoms with E-state index in [4.69, 9.17) is 0 Å². The molecule has 0 bridgehead atoms. The zero-order valence-corrected chi connectivity index (χ0v) is 11.7. The van der Waals surface area contributed by atoms with E-state index in [9.17, 15) is 9.90 Å². The molecular formula is C16H20N2O2. The number of aliphatic hydroxyl groups is 1. The molecular weight excluding hydrogens is 252 g/mol. The minimum Gasteiger partial charge on any atom is -0.388 e. The van der Waals surface area contributed by atoms with Gasteiger partial charge in [0.1, 0.15) is 0 Å². The van der Waals surface area contributed by atoms with Crippen LogP contribution in [0.2, 0.25) is 0 Å². The van der Waals surface area contributed by atoms with Gasteiger partial charge >= 0.3 is 0 Å². The number of β-amino-alcohol motifs (C(OH)–C–C–N with tert-alkyl or cyclic N) is 1. The number of piperidine rings is 1. The zero-order chi connectivity index (χ0) is 14.2. The van der Waals surface area contributed by atoms with Gasteiger partial charge in [-0.2, -0.15) is 0 Å². The van der Waals surface area contributed by atoms with Gasteiger partial charge in [-0.3, -0.25) is 4.79 Å². The average molecular weight is 272 g/mol. The van der Waals surface area contributed by atoms with E-state index in [-0.39, 0.29) is 5.91 Å². The van der Waals surface area contributed by atoms with Gasteiger partial charge in [0.25, 0.3) is 0 Å². The number of carbonyl (C=O) groups excluding carboxylic acids is 1. The number of para-hydroxylation sites is 1. The molecule has 1 aromatic heterocycles. The Labute approximate surface area is 118 Å². The van der Waals surface area contributed by atoms with Crippen LogP contribution in [0.5, 0.6) is 0 Å². The number of rotatable bonds is 2. The molecule has 0 aliphatic carbocycles. The number of aromatic nitrogens is 1. The fourth-order valence-electron chi connectivity index (χ4n) is 2.99. The van der Waals surface area contributed by atoms with E-state index >= 15 is 0 Å². The van der Waals surface area contributed by atoms with Crippen molar-refractivity contribution in [1.82, 2.24) is 9.88 Å². The third-order valence-corrected chi connectivity index (χ3v) is 4.04. The quantitative estimate of drug-likeness (QED) is 0.879. The summed E-state index contributed by atoms with van der Waals surface area (Å²) in [5, 5.41) is 11.2. The molecule has 4 nitrogen and oxygen atoms in total. The Morgan fingerprint density at radius 2 is 2.25 bits per heavy atom. The van der Waals surface area contributed by atoms with Crippen molar-refractivity contribution < 1.29 is 9.90 Å². The number of amides is 1. The number of aromatic amines is 1. The summed E-state index contributed by atoms with van der Waals surface area (Å²) in [6.07, 6.45) is 3.93. The van der Waals surface area contributed by atoms with Crippen molar-refractivity contribution in [3.63, 3.8) is 0 Å². The maximum absolute atomic E-state index is 12.4. The van der Waals surface area contributed by atoms with Crippen molar-refractivity contribution in [2.24, 2.45) is 0 Å². The summed E-state index contributed by atoms with van der Waals surface area (Å²) in [6, 6.07) is 8.00. The van der Waals surface area contributed by atoms with Gasteiger partial charge in [-0.05, 0) is 31.4 Å². The minimum atomic E-state index is -0.742. The first-order valence-corrected chi connectivity index (χ1v) is 7.10. The molecule has 4 heteroatoms. The molecule has 106 valence electrons. The second kappa shape index (κ2) is 4.94. The summed E-state index contributed by atoms with van der Waals surface area (Å²) in [5.41, 5.74) is 1.34. The Morgan fingerprint density at radius 1 is 1.45 bits per heavy atom. The van der Waals surface area contributed by atoms with Crippen molar-refractivity contribution in [2.75, 3.05) is 13.1 Å². The number of nitrogens with one attached hydrogen (secondary N) is 1. The van der Waals surface area contributed by atoms with Gasteiger partial charge in [-0.1, -0.05) is 18.2 Å². The van der Waals surface area contributed by atoms with Crippen LogP contribution in [0.25, 0.3) is 10.9 Å². The highest BCUT2D eigenvalue weighted by atomic mass is 16.3. The monoisotopic (exact) mass is 272 g/mol. The van der Waals surface area contributed by atoms with Crippen molar-refractivity contribution in [1.29, 1.82) is 0 Å². The summed E-state index contributed by atoms with van der Waals surface area (Å²) in [4.78, 5) is 17.4. The second-order valence-corrected chi connectivity index (χ2v) is 5.95. The number of hydrogen-bond acceptors (Lipinski definition) is 2. The Hall–Kier alpha value is -1.81. The van der Waals surface area contributed by atoms with E-state index in [1.165, 1.54) is 0 Å². The smallest absolute Gasteiger partial charge is 0.227 e. The molecule has 1 atom stereocenters. The van der Waals surface area contributed by atoms with Crippen LogP contribution in [-0.2, 0) is 11.2 Å². The van der Waals surface area contributed by atoms with E-state index in [1.54, 1.807) is 11.8 Å². The van der Waals surface area contributed by atoms with Crippen LogP contribution >= 0.6 is 0 Å². The summed E-state index contributed by atoms with van der Waals surface area (Å²) in [5.74, 6) is 0.0923. The van der Waals surface area contributed by atoms with Crippen LogP contribution in [0, 0.1) is 0 Å². The van der Waals surface area contributed by atoms with Crippen molar-refractivity contribution in [3.8, 4) is 0 Å². The molecule has 2 aromatic rings. The number of hydrogen-bond donors (Lipinski definition) is 2. The van der Waals surface area contributed by atoms with Crippen LogP contribution < -0.4 is 0 Å². The molecule has 1 aromatic carbocycles. The molecule has 1 unspecified atom stereocenters. The fraction of sp³-hybridized carbons (Fsp3) is 0.438.